The Kier molecular flexibility index (Phi) is 4.14. The Labute approximate surface area is 119 Å². The van der Waals surface area contributed by atoms with E-state index in [0.717, 1.165) is 17.7 Å². The van der Waals surface area contributed by atoms with Crippen LogP contribution in [0.1, 0.15) is 31.9 Å². The molecule has 106 valence electrons. The fourth-order valence-electron chi connectivity index (χ4n) is 1.75. The molecule has 2 rings (SSSR count). The van der Waals surface area contributed by atoms with Gasteiger partial charge < -0.3 is 5.32 Å². The summed E-state index contributed by atoms with van der Waals surface area (Å²) in [6, 6.07) is 4.91. The van der Waals surface area contributed by atoms with E-state index in [4.69, 9.17) is 0 Å². The molecule has 1 aromatic heterocycles. The molecule has 2 aromatic rings. The van der Waals surface area contributed by atoms with E-state index in [9.17, 15) is 4.39 Å². The second-order valence-electron chi connectivity index (χ2n) is 5.98. The second kappa shape index (κ2) is 5.67. The number of aromatic nitrogens is 2. The number of benzene rings is 1. The van der Waals surface area contributed by atoms with Crippen LogP contribution in [-0.4, -0.2) is 15.5 Å². The first kappa shape index (κ1) is 14.6. The Morgan fingerprint density at radius 1 is 1.15 bits per heavy atom. The third-order valence-electron chi connectivity index (χ3n) is 2.94. The molecule has 0 aliphatic rings. The van der Waals surface area contributed by atoms with Crippen LogP contribution in [0.3, 0.4) is 0 Å². The molecule has 0 aliphatic carbocycles. The number of hydrogen-bond donors (Lipinski definition) is 1. The molecule has 0 atom stereocenters. The van der Waals surface area contributed by atoms with Gasteiger partial charge in [0.15, 0.2) is 5.82 Å². The van der Waals surface area contributed by atoms with Crippen molar-refractivity contribution in [1.82, 2.24) is 15.3 Å². The summed E-state index contributed by atoms with van der Waals surface area (Å²) in [7, 11) is 0. The van der Waals surface area contributed by atoms with Gasteiger partial charge in [-0.1, -0.05) is 0 Å². The lowest BCUT2D eigenvalue weighted by atomic mass is 10.1. The van der Waals surface area contributed by atoms with E-state index >= 15 is 0 Å². The molecule has 1 N–H and O–H groups in total. The molecule has 1 heterocycles. The van der Waals surface area contributed by atoms with Crippen LogP contribution in [0.25, 0.3) is 11.4 Å². The summed E-state index contributed by atoms with van der Waals surface area (Å²) in [6.07, 6.45) is 3.61. The average Bonchev–Trinajstić information content (AvgIpc) is 2.39. The summed E-state index contributed by atoms with van der Waals surface area (Å²) < 4.78 is 13.2. The summed E-state index contributed by atoms with van der Waals surface area (Å²) in [5, 5.41) is 3.38. The molecule has 0 spiro atoms. The van der Waals surface area contributed by atoms with E-state index in [1.54, 1.807) is 31.5 Å². The van der Waals surface area contributed by atoms with Crippen molar-refractivity contribution in [3.63, 3.8) is 0 Å². The number of nitrogens with one attached hydrogen (secondary N) is 1. The topological polar surface area (TPSA) is 37.8 Å². The van der Waals surface area contributed by atoms with Gasteiger partial charge in [-0.05, 0) is 51.5 Å². The highest BCUT2D eigenvalue weighted by Crippen LogP contribution is 2.18. The average molecular weight is 273 g/mol. The molecular weight excluding hydrogens is 253 g/mol. The van der Waals surface area contributed by atoms with Gasteiger partial charge in [-0.3, -0.25) is 0 Å². The van der Waals surface area contributed by atoms with Crippen molar-refractivity contribution in [3.8, 4) is 11.4 Å². The van der Waals surface area contributed by atoms with Crippen LogP contribution in [-0.2, 0) is 6.54 Å². The van der Waals surface area contributed by atoms with Gasteiger partial charge in [-0.25, -0.2) is 14.4 Å². The molecule has 3 nitrogen and oxygen atoms in total. The summed E-state index contributed by atoms with van der Waals surface area (Å²) in [5.41, 5.74) is 2.53. The molecule has 0 unspecified atom stereocenters. The highest BCUT2D eigenvalue weighted by Gasteiger charge is 2.09. The Morgan fingerprint density at radius 3 is 2.35 bits per heavy atom. The number of halogens is 1. The summed E-state index contributed by atoms with van der Waals surface area (Å²) in [5.74, 6) is 0.410. The maximum Gasteiger partial charge on any atom is 0.159 e. The monoisotopic (exact) mass is 273 g/mol. The highest BCUT2D eigenvalue weighted by atomic mass is 19.1. The van der Waals surface area contributed by atoms with E-state index < -0.39 is 0 Å². The van der Waals surface area contributed by atoms with Crippen LogP contribution in [0.2, 0.25) is 0 Å². The zero-order chi connectivity index (χ0) is 14.8. The Bertz CT molecular complexity index is 586. The van der Waals surface area contributed by atoms with Crippen molar-refractivity contribution in [2.75, 3.05) is 0 Å². The SMILES string of the molecule is Cc1cc(-c2ncc(CNC(C)(C)C)cn2)ccc1F. The summed E-state index contributed by atoms with van der Waals surface area (Å²) >= 11 is 0. The predicted octanol–water partition coefficient (Wildman–Crippen LogP) is 3.48. The minimum absolute atomic E-state index is 0.0622. The lowest BCUT2D eigenvalue weighted by Crippen LogP contribution is -2.35. The Morgan fingerprint density at radius 2 is 1.80 bits per heavy atom. The highest BCUT2D eigenvalue weighted by molar-refractivity contribution is 5.55. The van der Waals surface area contributed by atoms with Crippen LogP contribution in [0.4, 0.5) is 4.39 Å². The first-order valence-corrected chi connectivity index (χ1v) is 6.68. The maximum atomic E-state index is 13.2. The van der Waals surface area contributed by atoms with E-state index in [-0.39, 0.29) is 11.4 Å². The molecular formula is C16H20FN3. The third kappa shape index (κ3) is 3.84. The molecule has 0 bridgehead atoms. The zero-order valence-corrected chi connectivity index (χ0v) is 12.4. The second-order valence-corrected chi connectivity index (χ2v) is 5.98. The van der Waals surface area contributed by atoms with Crippen LogP contribution < -0.4 is 5.32 Å². The zero-order valence-electron chi connectivity index (χ0n) is 12.4. The molecule has 0 fully saturated rings. The van der Waals surface area contributed by atoms with Gasteiger partial charge >= 0.3 is 0 Å². The third-order valence-corrected chi connectivity index (χ3v) is 2.94. The molecule has 0 amide bonds. The summed E-state index contributed by atoms with van der Waals surface area (Å²) in [4.78, 5) is 8.69. The lowest BCUT2D eigenvalue weighted by molar-refractivity contribution is 0.423. The van der Waals surface area contributed by atoms with E-state index in [2.05, 4.69) is 36.1 Å². The summed E-state index contributed by atoms with van der Waals surface area (Å²) in [6.45, 7) is 8.81. The normalized spacial score (nSPS) is 11.7. The molecule has 0 saturated heterocycles. The molecule has 0 aliphatic heterocycles. The van der Waals surface area contributed by atoms with E-state index in [1.807, 2.05) is 0 Å². The largest absolute Gasteiger partial charge is 0.308 e. The van der Waals surface area contributed by atoms with Gasteiger partial charge in [0.05, 0.1) is 0 Å². The van der Waals surface area contributed by atoms with E-state index in [0.29, 0.717) is 11.4 Å². The fourth-order valence-corrected chi connectivity index (χ4v) is 1.75. The minimum Gasteiger partial charge on any atom is -0.308 e. The first-order valence-electron chi connectivity index (χ1n) is 6.68. The fraction of sp³-hybridized carbons (Fsp3) is 0.375. The van der Waals surface area contributed by atoms with Crippen molar-refractivity contribution in [2.24, 2.45) is 0 Å². The minimum atomic E-state index is -0.209. The number of nitrogens with zero attached hydrogens (tertiary/aromatic N) is 2. The van der Waals surface area contributed by atoms with Crippen LogP contribution >= 0.6 is 0 Å². The van der Waals surface area contributed by atoms with Crippen molar-refractivity contribution in [2.45, 2.75) is 39.8 Å². The van der Waals surface area contributed by atoms with Crippen LogP contribution in [0.5, 0.6) is 0 Å². The predicted molar refractivity (Wildman–Crippen MR) is 78.8 cm³/mol. The van der Waals surface area contributed by atoms with Crippen molar-refractivity contribution in [3.05, 3.63) is 47.5 Å². The van der Waals surface area contributed by atoms with Crippen LogP contribution in [0, 0.1) is 12.7 Å². The van der Waals surface area contributed by atoms with E-state index in [1.165, 1.54) is 6.07 Å². The van der Waals surface area contributed by atoms with Gasteiger partial charge in [0.1, 0.15) is 5.82 Å². The van der Waals surface area contributed by atoms with Gasteiger partial charge in [-0.15, -0.1) is 0 Å². The van der Waals surface area contributed by atoms with Crippen molar-refractivity contribution in [1.29, 1.82) is 0 Å². The lowest BCUT2D eigenvalue weighted by Gasteiger charge is -2.20. The quantitative estimate of drug-likeness (QED) is 0.930. The molecule has 1 aromatic carbocycles. The Hall–Kier alpha value is -1.81. The van der Waals surface area contributed by atoms with Crippen LogP contribution in [0.15, 0.2) is 30.6 Å². The molecule has 4 heteroatoms. The number of hydrogen-bond acceptors (Lipinski definition) is 3. The standard InChI is InChI=1S/C16H20FN3/c1-11-7-13(5-6-14(11)17)15-18-8-12(9-19-15)10-20-16(2,3)4/h5-9,20H,10H2,1-4H3. The van der Waals surface area contributed by atoms with Crippen molar-refractivity contribution < 1.29 is 4.39 Å². The van der Waals surface area contributed by atoms with Gasteiger partial charge in [0.2, 0.25) is 0 Å². The maximum absolute atomic E-state index is 13.2. The van der Waals surface area contributed by atoms with Gasteiger partial charge in [0, 0.05) is 35.6 Å². The number of aryl methyl sites for hydroxylation is 1. The van der Waals surface area contributed by atoms with Gasteiger partial charge in [-0.2, -0.15) is 0 Å². The molecule has 0 radical (unpaired) electrons. The number of rotatable bonds is 3. The van der Waals surface area contributed by atoms with Crippen molar-refractivity contribution >= 4 is 0 Å². The Balaban J connectivity index is 2.13. The first-order chi connectivity index (χ1) is 9.35. The molecule has 0 saturated carbocycles. The molecule has 20 heavy (non-hydrogen) atoms. The smallest absolute Gasteiger partial charge is 0.159 e. The van der Waals surface area contributed by atoms with Gasteiger partial charge in [0.25, 0.3) is 0 Å².